The van der Waals surface area contributed by atoms with Gasteiger partial charge in [0.15, 0.2) is 11.5 Å². The second-order valence-electron chi connectivity index (χ2n) is 10.0. The molecule has 2 aromatic carbocycles. The normalized spacial score (nSPS) is 10.9. The van der Waals surface area contributed by atoms with E-state index in [0.29, 0.717) is 54.8 Å². The first-order valence-corrected chi connectivity index (χ1v) is 13.1. The maximum absolute atomic E-state index is 13.7. The number of hydrogen-bond acceptors (Lipinski definition) is 5. The predicted molar refractivity (Wildman–Crippen MR) is 149 cm³/mol. The number of rotatable bonds is 13. The Bertz CT molecular complexity index is 1200. The van der Waals surface area contributed by atoms with Gasteiger partial charge < -0.3 is 23.7 Å². The van der Waals surface area contributed by atoms with E-state index in [-0.39, 0.29) is 18.4 Å². The summed E-state index contributed by atoms with van der Waals surface area (Å²) in [6, 6.07) is 17.0. The third-order valence-corrected chi connectivity index (χ3v) is 6.50. The molecule has 38 heavy (non-hydrogen) atoms. The smallest absolute Gasteiger partial charge is 0.254 e. The minimum atomic E-state index is -0.132. The highest BCUT2D eigenvalue weighted by atomic mass is 16.5. The Balaban J connectivity index is 1.80. The molecule has 0 N–H and O–H groups in total. The number of hydrogen-bond donors (Lipinski definition) is 0. The van der Waals surface area contributed by atoms with Crippen LogP contribution in [0.15, 0.2) is 59.0 Å². The van der Waals surface area contributed by atoms with Crippen molar-refractivity contribution in [1.29, 1.82) is 0 Å². The minimum absolute atomic E-state index is 0.00501. The molecular weight excluding hydrogens is 480 g/mol. The Morgan fingerprint density at radius 1 is 0.868 bits per heavy atom. The van der Waals surface area contributed by atoms with Gasteiger partial charge in [-0.15, -0.1) is 0 Å². The molecule has 0 aliphatic carbocycles. The second kappa shape index (κ2) is 13.7. The van der Waals surface area contributed by atoms with Crippen LogP contribution in [0.5, 0.6) is 11.5 Å². The SMILES string of the molecule is COc1ccc(CCN(Cc2ccc(C)o2)C(=O)CN(CCC(C)C)C(=O)c2ccc(C)cc2)cc1OC. The lowest BCUT2D eigenvalue weighted by molar-refractivity contribution is -0.132. The highest BCUT2D eigenvalue weighted by Crippen LogP contribution is 2.28. The molecule has 0 bridgehead atoms. The second-order valence-corrected chi connectivity index (χ2v) is 10.0. The molecule has 1 heterocycles. The molecule has 204 valence electrons. The number of benzene rings is 2. The molecule has 0 saturated heterocycles. The summed E-state index contributed by atoms with van der Waals surface area (Å²) < 4.78 is 16.6. The maximum atomic E-state index is 13.7. The number of aryl methyl sites for hydroxylation is 2. The van der Waals surface area contributed by atoms with E-state index in [1.165, 1.54) is 0 Å². The lowest BCUT2D eigenvalue weighted by atomic mass is 10.1. The molecule has 0 saturated carbocycles. The summed E-state index contributed by atoms with van der Waals surface area (Å²) in [5, 5.41) is 0. The summed E-state index contributed by atoms with van der Waals surface area (Å²) in [6.07, 6.45) is 1.43. The van der Waals surface area contributed by atoms with E-state index in [1.54, 1.807) is 24.0 Å². The van der Waals surface area contributed by atoms with Crippen LogP contribution in [-0.2, 0) is 17.8 Å². The van der Waals surface area contributed by atoms with E-state index in [1.807, 2.05) is 68.4 Å². The van der Waals surface area contributed by atoms with Crippen molar-refractivity contribution in [1.82, 2.24) is 9.80 Å². The summed E-state index contributed by atoms with van der Waals surface area (Å²) in [7, 11) is 3.21. The molecule has 3 rings (SSSR count). The summed E-state index contributed by atoms with van der Waals surface area (Å²) in [6.45, 7) is 9.41. The summed E-state index contributed by atoms with van der Waals surface area (Å²) >= 11 is 0. The fourth-order valence-electron chi connectivity index (χ4n) is 4.16. The Morgan fingerprint density at radius 2 is 1.58 bits per heavy atom. The molecule has 0 atom stereocenters. The number of carbonyl (C=O) groups excluding carboxylic acids is 2. The molecule has 0 unspecified atom stereocenters. The van der Waals surface area contributed by atoms with Crippen LogP contribution >= 0.6 is 0 Å². The molecular formula is C31H40N2O5. The van der Waals surface area contributed by atoms with Crippen LogP contribution in [0.3, 0.4) is 0 Å². The first-order valence-electron chi connectivity index (χ1n) is 13.1. The molecule has 2 amide bonds. The van der Waals surface area contributed by atoms with Gasteiger partial charge in [0, 0.05) is 18.7 Å². The van der Waals surface area contributed by atoms with Gasteiger partial charge in [-0.3, -0.25) is 9.59 Å². The molecule has 3 aromatic rings. The quantitative estimate of drug-likeness (QED) is 0.290. The van der Waals surface area contributed by atoms with Crippen molar-refractivity contribution in [2.45, 2.75) is 47.1 Å². The van der Waals surface area contributed by atoms with E-state index in [0.717, 1.165) is 23.3 Å². The molecule has 7 heteroatoms. The first kappa shape index (κ1) is 28.8. The van der Waals surface area contributed by atoms with Gasteiger partial charge in [-0.25, -0.2) is 0 Å². The van der Waals surface area contributed by atoms with Crippen LogP contribution in [0.25, 0.3) is 0 Å². The average molecular weight is 521 g/mol. The van der Waals surface area contributed by atoms with Gasteiger partial charge in [-0.1, -0.05) is 37.6 Å². The van der Waals surface area contributed by atoms with E-state index < -0.39 is 0 Å². The molecule has 0 radical (unpaired) electrons. The number of furan rings is 1. The first-order chi connectivity index (χ1) is 18.2. The largest absolute Gasteiger partial charge is 0.493 e. The third-order valence-electron chi connectivity index (χ3n) is 6.50. The Morgan fingerprint density at radius 3 is 2.18 bits per heavy atom. The number of carbonyl (C=O) groups is 2. The number of nitrogens with zero attached hydrogens (tertiary/aromatic N) is 2. The molecule has 0 fully saturated rings. The lowest BCUT2D eigenvalue weighted by Crippen LogP contribution is -2.44. The van der Waals surface area contributed by atoms with Crippen LogP contribution in [0, 0.1) is 19.8 Å². The van der Waals surface area contributed by atoms with Gasteiger partial charge in [0.1, 0.15) is 18.1 Å². The van der Waals surface area contributed by atoms with Crippen LogP contribution in [-0.4, -0.2) is 55.5 Å². The average Bonchev–Trinajstić information content (AvgIpc) is 3.32. The van der Waals surface area contributed by atoms with Crippen molar-refractivity contribution in [2.75, 3.05) is 33.9 Å². The van der Waals surface area contributed by atoms with Crippen LogP contribution in [0.1, 0.15) is 53.3 Å². The maximum Gasteiger partial charge on any atom is 0.254 e. The molecule has 0 aliphatic rings. The minimum Gasteiger partial charge on any atom is -0.493 e. The van der Waals surface area contributed by atoms with Crippen molar-refractivity contribution in [2.24, 2.45) is 5.92 Å². The fourth-order valence-corrected chi connectivity index (χ4v) is 4.16. The van der Waals surface area contributed by atoms with Crippen molar-refractivity contribution >= 4 is 11.8 Å². The van der Waals surface area contributed by atoms with Crippen molar-refractivity contribution in [3.8, 4) is 11.5 Å². The Hall–Kier alpha value is -3.74. The highest BCUT2D eigenvalue weighted by molar-refractivity contribution is 5.96. The standard InChI is InChI=1S/C31H40N2O5/c1-22(2)15-17-33(31(35)26-11-7-23(3)8-12-26)21-30(34)32(20-27-13-9-24(4)38-27)18-16-25-10-14-28(36-5)29(19-25)37-6/h7-14,19,22H,15-18,20-21H2,1-6H3. The Labute approximate surface area is 226 Å². The summed E-state index contributed by atoms with van der Waals surface area (Å²) in [4.78, 5) is 30.5. The van der Waals surface area contributed by atoms with Gasteiger partial charge in [-0.05, 0) is 74.6 Å². The van der Waals surface area contributed by atoms with Gasteiger partial charge in [0.25, 0.3) is 5.91 Å². The number of ether oxygens (including phenoxy) is 2. The molecule has 7 nitrogen and oxygen atoms in total. The topological polar surface area (TPSA) is 72.2 Å². The van der Waals surface area contributed by atoms with Crippen LogP contribution in [0.4, 0.5) is 0 Å². The van der Waals surface area contributed by atoms with Crippen molar-refractivity contribution < 1.29 is 23.5 Å². The highest BCUT2D eigenvalue weighted by Gasteiger charge is 2.23. The Kier molecular flexibility index (Phi) is 10.4. The van der Waals surface area contributed by atoms with Crippen LogP contribution in [0.2, 0.25) is 0 Å². The zero-order valence-corrected chi connectivity index (χ0v) is 23.5. The fraction of sp³-hybridized carbons (Fsp3) is 0.419. The van der Waals surface area contributed by atoms with E-state index >= 15 is 0 Å². The summed E-state index contributed by atoms with van der Waals surface area (Å²) in [5.41, 5.74) is 2.69. The van der Waals surface area contributed by atoms with Crippen molar-refractivity contribution in [3.05, 3.63) is 82.8 Å². The molecule has 1 aromatic heterocycles. The zero-order valence-electron chi connectivity index (χ0n) is 23.5. The van der Waals surface area contributed by atoms with Gasteiger partial charge >= 0.3 is 0 Å². The van der Waals surface area contributed by atoms with Gasteiger partial charge in [0.05, 0.1) is 20.8 Å². The van der Waals surface area contributed by atoms with Crippen molar-refractivity contribution in [3.63, 3.8) is 0 Å². The number of methoxy groups -OCH3 is 2. The predicted octanol–water partition coefficient (Wildman–Crippen LogP) is 5.67. The van der Waals surface area contributed by atoms with Gasteiger partial charge in [0.2, 0.25) is 5.91 Å². The van der Waals surface area contributed by atoms with E-state index in [9.17, 15) is 9.59 Å². The summed E-state index contributed by atoms with van der Waals surface area (Å²) in [5.74, 6) is 2.96. The lowest BCUT2D eigenvalue weighted by Gasteiger charge is -2.28. The van der Waals surface area contributed by atoms with E-state index in [2.05, 4.69) is 13.8 Å². The van der Waals surface area contributed by atoms with Gasteiger partial charge in [-0.2, -0.15) is 0 Å². The monoisotopic (exact) mass is 520 g/mol. The number of amides is 2. The van der Waals surface area contributed by atoms with E-state index in [4.69, 9.17) is 13.9 Å². The molecule has 0 spiro atoms. The third kappa shape index (κ3) is 8.13. The van der Waals surface area contributed by atoms with Crippen LogP contribution < -0.4 is 9.47 Å². The zero-order chi connectivity index (χ0) is 27.7. The molecule has 0 aliphatic heterocycles.